The second-order valence-corrected chi connectivity index (χ2v) is 12.2. The topological polar surface area (TPSA) is 3.88 Å². The molecule has 1 saturated carbocycles. The molecule has 0 atom stereocenters. The van der Waals surface area contributed by atoms with Crippen molar-refractivity contribution >= 4 is 42.3 Å². The first-order valence-electron chi connectivity index (χ1n) is 12.7. The average Bonchev–Trinajstić information content (AvgIpc) is 3.47. The Kier molecular flexibility index (Phi) is 5.08. The highest BCUT2D eigenvalue weighted by Crippen LogP contribution is 2.46. The van der Waals surface area contributed by atoms with Crippen LogP contribution in [-0.4, -0.2) is 0 Å². The van der Waals surface area contributed by atoms with E-state index in [0.717, 1.165) is 5.92 Å². The van der Waals surface area contributed by atoms with E-state index >= 15 is 0 Å². The van der Waals surface area contributed by atoms with E-state index in [4.69, 9.17) is 0 Å². The normalized spacial score (nSPS) is 15.2. The van der Waals surface area contributed by atoms with Crippen molar-refractivity contribution in [2.24, 2.45) is 7.05 Å². The van der Waals surface area contributed by atoms with Crippen molar-refractivity contribution in [1.29, 1.82) is 0 Å². The van der Waals surface area contributed by atoms with Gasteiger partial charge in [-0.25, -0.2) is 0 Å². The van der Waals surface area contributed by atoms with Crippen LogP contribution in [0.1, 0.15) is 69.1 Å². The lowest BCUT2D eigenvalue weighted by atomic mass is 9.80. The van der Waals surface area contributed by atoms with Crippen LogP contribution in [0.4, 0.5) is 0 Å². The highest BCUT2D eigenvalue weighted by Gasteiger charge is 2.27. The molecule has 0 saturated heterocycles. The van der Waals surface area contributed by atoms with E-state index in [-0.39, 0.29) is 5.41 Å². The van der Waals surface area contributed by atoms with Gasteiger partial charge in [0.15, 0.2) is 6.20 Å². The van der Waals surface area contributed by atoms with Gasteiger partial charge >= 0.3 is 0 Å². The molecule has 3 aromatic carbocycles. The van der Waals surface area contributed by atoms with Gasteiger partial charge < -0.3 is 0 Å². The number of aromatic nitrogens is 1. The summed E-state index contributed by atoms with van der Waals surface area (Å²) >= 11 is 2.02. The number of fused-ring (bicyclic) bond motifs is 4. The van der Waals surface area contributed by atoms with Crippen molar-refractivity contribution in [3.8, 4) is 11.3 Å². The lowest BCUT2D eigenvalue weighted by molar-refractivity contribution is -0.659. The van der Waals surface area contributed by atoms with Gasteiger partial charge in [-0.3, -0.25) is 0 Å². The van der Waals surface area contributed by atoms with E-state index in [9.17, 15) is 0 Å². The second kappa shape index (κ2) is 7.92. The maximum Gasteiger partial charge on any atom is 0.230 e. The van der Waals surface area contributed by atoms with Crippen LogP contribution >= 0.6 is 11.3 Å². The molecule has 2 heterocycles. The zero-order valence-electron chi connectivity index (χ0n) is 21.0. The third kappa shape index (κ3) is 3.30. The highest BCUT2D eigenvalue weighted by molar-refractivity contribution is 7.26. The molecule has 1 aliphatic carbocycles. The predicted octanol–water partition coefficient (Wildman–Crippen LogP) is 8.96. The van der Waals surface area contributed by atoms with Crippen molar-refractivity contribution in [2.45, 2.75) is 64.7 Å². The largest absolute Gasteiger partial charge is 0.230 e. The number of nitrogens with zero attached hydrogens (tertiary/aromatic N) is 1. The molecule has 1 fully saturated rings. The molecule has 0 aliphatic heterocycles. The van der Waals surface area contributed by atoms with Crippen LogP contribution in [0, 0.1) is 6.92 Å². The summed E-state index contributed by atoms with van der Waals surface area (Å²) in [7, 11) is 2.21. The molecule has 0 N–H and O–H groups in total. The molecule has 2 aromatic heterocycles. The van der Waals surface area contributed by atoms with Gasteiger partial charge in [0.25, 0.3) is 0 Å². The summed E-state index contributed by atoms with van der Waals surface area (Å²) in [5.74, 6) is 0.726. The average molecular weight is 465 g/mol. The predicted molar refractivity (Wildman–Crippen MR) is 148 cm³/mol. The van der Waals surface area contributed by atoms with E-state index in [0.29, 0.717) is 0 Å². The molecule has 2 heteroatoms. The molecule has 172 valence electrons. The lowest BCUT2D eigenvalue weighted by Gasteiger charge is -2.24. The van der Waals surface area contributed by atoms with Gasteiger partial charge in [0, 0.05) is 21.5 Å². The van der Waals surface area contributed by atoms with Gasteiger partial charge in [0.1, 0.15) is 11.7 Å². The zero-order chi connectivity index (χ0) is 23.6. The monoisotopic (exact) mass is 464 g/mol. The van der Waals surface area contributed by atoms with Crippen molar-refractivity contribution in [3.63, 3.8) is 0 Å². The second-order valence-electron chi connectivity index (χ2n) is 11.2. The Bertz CT molecular complexity index is 1560. The fourth-order valence-corrected chi connectivity index (χ4v) is 7.66. The quantitative estimate of drug-likeness (QED) is 0.230. The van der Waals surface area contributed by atoms with Gasteiger partial charge in [0.05, 0.1) is 5.56 Å². The van der Waals surface area contributed by atoms with Crippen molar-refractivity contribution in [3.05, 3.63) is 77.5 Å². The number of rotatable bonds is 2. The molecular formula is C32H34NS+. The smallest absolute Gasteiger partial charge is 0.200 e. The number of pyridine rings is 1. The number of benzene rings is 3. The molecular weight excluding hydrogens is 430 g/mol. The molecule has 1 aliphatic rings. The van der Waals surface area contributed by atoms with Crippen LogP contribution in [0.5, 0.6) is 0 Å². The third-order valence-corrected chi connectivity index (χ3v) is 9.27. The molecule has 0 radical (unpaired) electrons. The standard InChI is InChI=1S/C32H34NS/c1-20-22-13-8-9-14-24(22)28(32(2,3)4)19-27(20)29-31-26(17-18-33(29)5)25-16-10-15-23(30(25)34-31)21-11-6-7-12-21/h8-10,13-19,21H,6-7,11-12H2,1-5H3/q+1. The summed E-state index contributed by atoms with van der Waals surface area (Å²) < 4.78 is 5.27. The summed E-state index contributed by atoms with van der Waals surface area (Å²) in [6, 6.07) is 20.8. The first kappa shape index (κ1) is 21.8. The van der Waals surface area contributed by atoms with E-state index in [1.807, 2.05) is 11.3 Å². The summed E-state index contributed by atoms with van der Waals surface area (Å²) in [6.07, 6.45) is 7.69. The fraction of sp³-hybridized carbons (Fsp3) is 0.344. The summed E-state index contributed by atoms with van der Waals surface area (Å²) in [4.78, 5) is 0. The first-order chi connectivity index (χ1) is 16.3. The lowest BCUT2D eigenvalue weighted by Crippen LogP contribution is -2.30. The Hall–Kier alpha value is -2.71. The fourth-order valence-electron chi connectivity index (χ4n) is 6.18. The van der Waals surface area contributed by atoms with Crippen LogP contribution in [0.3, 0.4) is 0 Å². The number of aryl methyl sites for hydroxylation is 2. The minimum Gasteiger partial charge on any atom is -0.200 e. The molecule has 5 aromatic rings. The van der Waals surface area contributed by atoms with E-state index in [1.54, 1.807) is 5.56 Å². The molecule has 6 rings (SSSR count). The Labute approximate surface area is 207 Å². The van der Waals surface area contributed by atoms with Crippen LogP contribution < -0.4 is 4.57 Å². The van der Waals surface area contributed by atoms with Crippen LogP contribution in [0.2, 0.25) is 0 Å². The minimum absolute atomic E-state index is 0.0737. The molecule has 0 spiro atoms. The van der Waals surface area contributed by atoms with Gasteiger partial charge in [-0.15, -0.1) is 11.3 Å². The Morgan fingerprint density at radius 3 is 2.24 bits per heavy atom. The Balaban J connectivity index is 1.70. The van der Waals surface area contributed by atoms with E-state index in [1.165, 1.54) is 79.0 Å². The van der Waals surface area contributed by atoms with Crippen LogP contribution in [0.15, 0.2) is 60.8 Å². The SMILES string of the molecule is Cc1c(-c2c3sc4c(C5CCCC5)cccc4c3cc[n+]2C)cc(C(C)(C)C)c2ccccc12. The first-order valence-corrected chi connectivity index (χ1v) is 13.5. The van der Waals surface area contributed by atoms with Crippen molar-refractivity contribution in [2.75, 3.05) is 0 Å². The Morgan fingerprint density at radius 2 is 1.50 bits per heavy atom. The summed E-state index contributed by atoms with van der Waals surface area (Å²) in [5, 5.41) is 5.58. The summed E-state index contributed by atoms with van der Waals surface area (Å²) in [6.45, 7) is 9.31. The highest BCUT2D eigenvalue weighted by atomic mass is 32.1. The molecule has 0 bridgehead atoms. The van der Waals surface area contributed by atoms with Crippen LogP contribution in [-0.2, 0) is 12.5 Å². The van der Waals surface area contributed by atoms with Crippen molar-refractivity contribution in [1.82, 2.24) is 0 Å². The molecule has 0 amide bonds. The van der Waals surface area contributed by atoms with Crippen molar-refractivity contribution < 1.29 is 4.57 Å². The van der Waals surface area contributed by atoms with Gasteiger partial charge in [-0.2, -0.15) is 4.57 Å². The Morgan fingerprint density at radius 1 is 0.824 bits per heavy atom. The third-order valence-electron chi connectivity index (χ3n) is 7.99. The van der Waals surface area contributed by atoms with Crippen LogP contribution in [0.25, 0.3) is 42.2 Å². The maximum atomic E-state index is 2.48. The number of thiophene rings is 1. The summed E-state index contributed by atoms with van der Waals surface area (Å²) in [5.41, 5.74) is 7.17. The van der Waals surface area contributed by atoms with Gasteiger partial charge in [0.2, 0.25) is 5.69 Å². The molecule has 1 nitrogen and oxygen atoms in total. The van der Waals surface area contributed by atoms with E-state index < -0.39 is 0 Å². The van der Waals surface area contributed by atoms with E-state index in [2.05, 4.69) is 100 Å². The number of hydrogen-bond donors (Lipinski definition) is 0. The minimum atomic E-state index is 0.0737. The molecule has 0 unspecified atom stereocenters. The number of hydrogen-bond acceptors (Lipinski definition) is 1. The zero-order valence-corrected chi connectivity index (χ0v) is 21.9. The molecule has 34 heavy (non-hydrogen) atoms. The maximum absolute atomic E-state index is 2.48. The van der Waals surface area contributed by atoms with Gasteiger partial charge in [-0.05, 0) is 64.6 Å². The van der Waals surface area contributed by atoms with Gasteiger partial charge in [-0.1, -0.05) is 76.1 Å².